The van der Waals surface area contributed by atoms with Crippen molar-refractivity contribution in [2.24, 2.45) is 29.6 Å². The third kappa shape index (κ3) is 10.9. The zero-order valence-corrected chi connectivity index (χ0v) is 22.4. The molecule has 0 bridgehead atoms. The van der Waals surface area contributed by atoms with E-state index in [2.05, 4.69) is 69.9 Å². The minimum Gasteiger partial charge on any atom is -0.393 e. The molecule has 7 atom stereocenters. The average Bonchev–Trinajstić information content (AvgIpc) is 2.67. The van der Waals surface area contributed by atoms with Crippen LogP contribution in [0.25, 0.3) is 0 Å². The molecule has 1 fully saturated rings. The summed E-state index contributed by atoms with van der Waals surface area (Å²) in [6.07, 6.45) is 17.3. The molecule has 0 aromatic heterocycles. The molecule has 1 aliphatic carbocycles. The maximum absolute atomic E-state index is 10.4. The summed E-state index contributed by atoms with van der Waals surface area (Å²) < 4.78 is 0. The van der Waals surface area contributed by atoms with Gasteiger partial charge in [0.1, 0.15) is 0 Å². The van der Waals surface area contributed by atoms with Crippen LogP contribution in [0.4, 0.5) is 0 Å². The SMILES string of the molecule is C/C(=C\CCC(C)C)CC/C=C(\C)CCCC(C)CCC1CC(O)C(C)C(C)C1P. The summed E-state index contributed by atoms with van der Waals surface area (Å²) in [5.41, 5.74) is 3.79. The molecule has 1 saturated carbocycles. The molecule has 7 unspecified atom stereocenters. The second kappa shape index (κ2) is 14.8. The lowest BCUT2D eigenvalue weighted by molar-refractivity contribution is 0.0221. The zero-order chi connectivity index (χ0) is 22.7. The molecular weight excluding hydrogens is 383 g/mol. The predicted molar refractivity (Wildman–Crippen MR) is 139 cm³/mol. The maximum atomic E-state index is 10.4. The molecule has 30 heavy (non-hydrogen) atoms. The smallest absolute Gasteiger partial charge is 0.0571 e. The molecule has 1 aliphatic rings. The van der Waals surface area contributed by atoms with E-state index >= 15 is 0 Å². The summed E-state index contributed by atoms with van der Waals surface area (Å²) in [7, 11) is 3.09. The van der Waals surface area contributed by atoms with Crippen molar-refractivity contribution in [1.82, 2.24) is 0 Å². The van der Waals surface area contributed by atoms with Crippen molar-refractivity contribution >= 4 is 9.24 Å². The van der Waals surface area contributed by atoms with Crippen molar-refractivity contribution < 1.29 is 5.11 Å². The summed E-state index contributed by atoms with van der Waals surface area (Å²) in [5, 5.41) is 10.4. The number of rotatable bonds is 13. The summed E-state index contributed by atoms with van der Waals surface area (Å²) in [6, 6.07) is 0. The third-order valence-corrected chi connectivity index (χ3v) is 8.85. The number of aliphatic hydroxyl groups excluding tert-OH is 1. The van der Waals surface area contributed by atoms with E-state index in [1.165, 1.54) is 57.8 Å². The molecule has 1 rings (SSSR count). The lowest BCUT2D eigenvalue weighted by Gasteiger charge is -2.42. The fourth-order valence-corrected chi connectivity index (χ4v) is 5.61. The fourth-order valence-electron chi connectivity index (χ4n) is 4.91. The van der Waals surface area contributed by atoms with E-state index in [1.807, 2.05) is 0 Å². The highest BCUT2D eigenvalue weighted by atomic mass is 31.0. The second-order valence-corrected chi connectivity index (χ2v) is 11.8. The van der Waals surface area contributed by atoms with Gasteiger partial charge in [-0.05, 0) is 100 Å². The van der Waals surface area contributed by atoms with E-state index in [0.29, 0.717) is 23.4 Å². The normalized spacial score (nSPS) is 29.5. The van der Waals surface area contributed by atoms with Crippen LogP contribution >= 0.6 is 9.24 Å². The van der Waals surface area contributed by atoms with E-state index in [0.717, 1.165) is 18.3 Å². The van der Waals surface area contributed by atoms with Gasteiger partial charge in [-0.25, -0.2) is 0 Å². The van der Waals surface area contributed by atoms with E-state index in [1.54, 1.807) is 11.1 Å². The summed E-state index contributed by atoms with van der Waals surface area (Å²) in [4.78, 5) is 0. The Labute approximate surface area is 191 Å². The Hall–Kier alpha value is -0.130. The van der Waals surface area contributed by atoms with Gasteiger partial charge in [0.05, 0.1) is 6.10 Å². The Morgan fingerprint density at radius 2 is 1.57 bits per heavy atom. The predicted octanol–water partition coefficient (Wildman–Crippen LogP) is 8.58. The van der Waals surface area contributed by atoms with Crippen molar-refractivity contribution in [3.05, 3.63) is 23.3 Å². The van der Waals surface area contributed by atoms with Gasteiger partial charge in [0, 0.05) is 0 Å². The van der Waals surface area contributed by atoms with Gasteiger partial charge in [-0.3, -0.25) is 0 Å². The molecule has 176 valence electrons. The van der Waals surface area contributed by atoms with Crippen LogP contribution in [0.15, 0.2) is 23.3 Å². The molecule has 1 N–H and O–H groups in total. The molecule has 0 amide bonds. The van der Waals surface area contributed by atoms with Gasteiger partial charge in [-0.1, -0.05) is 70.8 Å². The largest absolute Gasteiger partial charge is 0.393 e. The monoisotopic (exact) mass is 436 g/mol. The molecule has 0 aliphatic heterocycles. The van der Waals surface area contributed by atoms with Gasteiger partial charge in [0.25, 0.3) is 0 Å². The highest BCUT2D eigenvalue weighted by molar-refractivity contribution is 7.17. The van der Waals surface area contributed by atoms with Gasteiger partial charge >= 0.3 is 0 Å². The van der Waals surface area contributed by atoms with Gasteiger partial charge in [0.15, 0.2) is 0 Å². The summed E-state index contributed by atoms with van der Waals surface area (Å²) in [6.45, 7) is 16.2. The summed E-state index contributed by atoms with van der Waals surface area (Å²) in [5.74, 6) is 3.34. The first kappa shape index (κ1) is 27.9. The Bertz CT molecular complexity index is 521. The number of allylic oxidation sites excluding steroid dienone is 4. The Balaban J connectivity index is 2.21. The van der Waals surface area contributed by atoms with Crippen LogP contribution in [0, 0.1) is 29.6 Å². The van der Waals surface area contributed by atoms with Crippen molar-refractivity contribution in [2.45, 2.75) is 124 Å². The quantitative estimate of drug-likeness (QED) is 0.226. The van der Waals surface area contributed by atoms with Crippen molar-refractivity contribution in [1.29, 1.82) is 0 Å². The minimum atomic E-state index is -0.0985. The first-order valence-electron chi connectivity index (χ1n) is 12.9. The van der Waals surface area contributed by atoms with Crippen molar-refractivity contribution in [3.8, 4) is 0 Å². The van der Waals surface area contributed by atoms with Gasteiger partial charge in [-0.15, -0.1) is 9.24 Å². The minimum absolute atomic E-state index is 0.0985. The van der Waals surface area contributed by atoms with Crippen LogP contribution in [0.2, 0.25) is 0 Å². The molecule has 0 saturated heterocycles. The highest BCUT2D eigenvalue weighted by Gasteiger charge is 2.37. The molecule has 0 heterocycles. The van der Waals surface area contributed by atoms with E-state index in [9.17, 15) is 5.11 Å². The Kier molecular flexibility index (Phi) is 13.8. The van der Waals surface area contributed by atoms with Crippen LogP contribution in [-0.4, -0.2) is 16.9 Å². The van der Waals surface area contributed by atoms with Gasteiger partial charge in [0.2, 0.25) is 0 Å². The number of hydrogen-bond acceptors (Lipinski definition) is 1. The van der Waals surface area contributed by atoms with Crippen molar-refractivity contribution in [2.75, 3.05) is 0 Å². The zero-order valence-electron chi connectivity index (χ0n) is 21.3. The third-order valence-electron chi connectivity index (χ3n) is 7.70. The second-order valence-electron chi connectivity index (χ2n) is 11.0. The van der Waals surface area contributed by atoms with Crippen LogP contribution in [-0.2, 0) is 0 Å². The Morgan fingerprint density at radius 3 is 2.23 bits per heavy atom. The molecule has 0 radical (unpaired) electrons. The van der Waals surface area contributed by atoms with E-state index < -0.39 is 0 Å². The van der Waals surface area contributed by atoms with Crippen molar-refractivity contribution in [3.63, 3.8) is 0 Å². The van der Waals surface area contributed by atoms with E-state index in [4.69, 9.17) is 0 Å². The first-order chi connectivity index (χ1) is 14.1. The molecule has 1 nitrogen and oxygen atoms in total. The molecule has 0 aromatic carbocycles. The maximum Gasteiger partial charge on any atom is 0.0571 e. The van der Waals surface area contributed by atoms with Crippen LogP contribution in [0.1, 0.15) is 113 Å². The number of aliphatic hydroxyl groups is 1. The van der Waals surface area contributed by atoms with Gasteiger partial charge in [-0.2, -0.15) is 0 Å². The van der Waals surface area contributed by atoms with Gasteiger partial charge < -0.3 is 5.11 Å². The molecule has 2 heteroatoms. The van der Waals surface area contributed by atoms with Crippen LogP contribution < -0.4 is 0 Å². The average molecular weight is 437 g/mol. The first-order valence-corrected chi connectivity index (χ1v) is 13.5. The standard InChI is InChI=1S/C28H53OP/c1-20(2)11-8-12-21(3)13-9-14-22(4)15-10-16-23(5)17-18-26-19-27(29)24(6)25(7)28(26)30/h12,14,20,23-29H,8-11,13,15-19,30H2,1-7H3/b21-12+,22-14+. The summed E-state index contributed by atoms with van der Waals surface area (Å²) >= 11 is 0. The van der Waals surface area contributed by atoms with Crippen LogP contribution in [0.3, 0.4) is 0 Å². The highest BCUT2D eigenvalue weighted by Crippen LogP contribution is 2.41. The molecule has 0 spiro atoms. The molecule has 0 aromatic rings. The topological polar surface area (TPSA) is 20.2 Å². The van der Waals surface area contributed by atoms with Crippen LogP contribution in [0.5, 0.6) is 0 Å². The lowest BCUT2D eigenvalue weighted by atomic mass is 9.71. The van der Waals surface area contributed by atoms with E-state index in [-0.39, 0.29) is 6.10 Å². The lowest BCUT2D eigenvalue weighted by Crippen LogP contribution is -2.41. The fraction of sp³-hybridized carbons (Fsp3) is 0.857. The molecular formula is C28H53OP. The number of hydrogen-bond donors (Lipinski definition) is 1. The Morgan fingerprint density at radius 1 is 0.933 bits per heavy atom.